The van der Waals surface area contributed by atoms with Crippen molar-refractivity contribution in [3.63, 3.8) is 0 Å². The lowest BCUT2D eigenvalue weighted by atomic mass is 10.0. The SMILES string of the molecule is C[C@@H]1CN(C(=O)C(C)(N)CO)CCN1C(=O)Nc1ccn(-c2ccc(CN3CCC(N)CC3)cc2)c(=O)n1. The van der Waals surface area contributed by atoms with Crippen LogP contribution < -0.4 is 22.5 Å². The van der Waals surface area contributed by atoms with Gasteiger partial charge in [-0.05, 0) is 63.5 Å². The van der Waals surface area contributed by atoms with E-state index in [0.29, 0.717) is 18.3 Å². The third-order valence-electron chi connectivity index (χ3n) is 7.28. The van der Waals surface area contributed by atoms with E-state index in [-0.39, 0.29) is 30.9 Å². The number of rotatable bonds is 6. The van der Waals surface area contributed by atoms with Crippen molar-refractivity contribution in [1.82, 2.24) is 24.3 Å². The minimum atomic E-state index is -1.36. The van der Waals surface area contributed by atoms with Gasteiger partial charge < -0.3 is 26.4 Å². The number of hydrogen-bond donors (Lipinski definition) is 4. The van der Waals surface area contributed by atoms with E-state index in [1.165, 1.54) is 11.5 Å². The lowest BCUT2D eigenvalue weighted by molar-refractivity contribution is -0.140. The van der Waals surface area contributed by atoms with Gasteiger partial charge >= 0.3 is 11.7 Å². The Kier molecular flexibility index (Phi) is 8.46. The first kappa shape index (κ1) is 27.7. The Morgan fingerprint density at radius 2 is 1.82 bits per heavy atom. The summed E-state index contributed by atoms with van der Waals surface area (Å²) < 4.78 is 1.43. The summed E-state index contributed by atoms with van der Waals surface area (Å²) in [5.41, 5.74) is 11.8. The van der Waals surface area contributed by atoms with Gasteiger partial charge in [0.15, 0.2) is 0 Å². The normalized spacial score (nSPS) is 20.7. The number of aromatic nitrogens is 2. The van der Waals surface area contributed by atoms with E-state index >= 15 is 0 Å². The molecule has 12 nitrogen and oxygen atoms in total. The number of aliphatic hydroxyl groups excluding tert-OH is 1. The minimum absolute atomic E-state index is 0.150. The first-order chi connectivity index (χ1) is 18.1. The van der Waals surface area contributed by atoms with E-state index in [1.54, 1.807) is 22.1 Å². The molecule has 0 radical (unpaired) electrons. The van der Waals surface area contributed by atoms with Gasteiger partial charge in [-0.1, -0.05) is 12.1 Å². The second-order valence-electron chi connectivity index (χ2n) is 10.5. The standard InChI is InChI=1S/C26H38N8O4/c1-18-15-32(23(36)26(2,28)17-35)13-14-33(18)24(37)29-22-9-12-34(25(38)30-22)21-5-3-19(4-6-21)16-31-10-7-20(27)8-11-31/h3-6,9,12,18,20,35H,7-8,10-11,13-17,27-28H2,1-2H3,(H,29,30,37,38)/t18-,26?/m1/s1. The molecule has 1 aromatic carbocycles. The Labute approximate surface area is 222 Å². The summed E-state index contributed by atoms with van der Waals surface area (Å²) in [5.74, 6) is -0.210. The molecule has 206 valence electrons. The molecule has 3 heterocycles. The van der Waals surface area contributed by atoms with Crippen LogP contribution in [-0.4, -0.2) is 98.2 Å². The van der Waals surface area contributed by atoms with Crippen LogP contribution in [0.1, 0.15) is 32.3 Å². The first-order valence-electron chi connectivity index (χ1n) is 13.0. The molecular formula is C26H38N8O4. The van der Waals surface area contributed by atoms with E-state index in [4.69, 9.17) is 11.5 Å². The van der Waals surface area contributed by atoms with Gasteiger partial charge in [0.2, 0.25) is 5.91 Å². The highest BCUT2D eigenvalue weighted by Gasteiger charge is 2.37. The maximum absolute atomic E-state index is 12.9. The first-order valence-corrected chi connectivity index (χ1v) is 13.0. The number of carbonyl (C=O) groups is 2. The third kappa shape index (κ3) is 6.38. The second kappa shape index (κ2) is 11.6. The van der Waals surface area contributed by atoms with Crippen molar-refractivity contribution in [2.45, 2.75) is 50.9 Å². The molecule has 4 rings (SSSR count). The number of benzene rings is 1. The number of piperazine rings is 1. The number of aliphatic hydroxyl groups is 1. The van der Waals surface area contributed by atoms with Crippen LogP contribution in [0.2, 0.25) is 0 Å². The van der Waals surface area contributed by atoms with Crippen LogP contribution in [0.4, 0.5) is 10.6 Å². The van der Waals surface area contributed by atoms with Gasteiger partial charge in [0.1, 0.15) is 11.4 Å². The molecule has 38 heavy (non-hydrogen) atoms. The Morgan fingerprint density at radius 3 is 2.42 bits per heavy atom. The van der Waals surface area contributed by atoms with Gasteiger partial charge in [0.05, 0.1) is 12.3 Å². The molecule has 2 saturated heterocycles. The van der Waals surface area contributed by atoms with Crippen molar-refractivity contribution >= 4 is 17.8 Å². The highest BCUT2D eigenvalue weighted by Crippen LogP contribution is 2.17. The molecule has 2 aliphatic rings. The quantitative estimate of drug-likeness (QED) is 0.406. The molecule has 1 unspecified atom stereocenters. The molecule has 2 aliphatic heterocycles. The van der Waals surface area contributed by atoms with Crippen molar-refractivity contribution in [3.8, 4) is 5.69 Å². The Balaban J connectivity index is 1.34. The predicted molar refractivity (Wildman–Crippen MR) is 144 cm³/mol. The zero-order chi connectivity index (χ0) is 27.4. The lowest BCUT2D eigenvalue weighted by Gasteiger charge is -2.41. The van der Waals surface area contributed by atoms with Gasteiger partial charge in [-0.2, -0.15) is 4.98 Å². The van der Waals surface area contributed by atoms with Gasteiger partial charge in [0, 0.05) is 44.5 Å². The molecule has 0 saturated carbocycles. The fraction of sp³-hybridized carbons (Fsp3) is 0.538. The van der Waals surface area contributed by atoms with Crippen molar-refractivity contribution in [3.05, 3.63) is 52.6 Å². The van der Waals surface area contributed by atoms with E-state index in [1.807, 2.05) is 31.2 Å². The van der Waals surface area contributed by atoms with Crippen molar-refractivity contribution in [2.24, 2.45) is 11.5 Å². The lowest BCUT2D eigenvalue weighted by Crippen LogP contribution is -2.62. The molecule has 0 aliphatic carbocycles. The molecule has 3 amide bonds. The van der Waals surface area contributed by atoms with Crippen LogP contribution in [0.15, 0.2) is 41.3 Å². The van der Waals surface area contributed by atoms with Gasteiger partial charge in [-0.25, -0.2) is 9.59 Å². The largest absolute Gasteiger partial charge is 0.394 e. The zero-order valence-electron chi connectivity index (χ0n) is 22.0. The summed E-state index contributed by atoms with van der Waals surface area (Å²) in [6, 6.07) is 8.96. The summed E-state index contributed by atoms with van der Waals surface area (Å²) in [6.07, 6.45) is 3.60. The molecule has 1 aromatic heterocycles. The molecule has 0 bridgehead atoms. The number of carbonyl (C=O) groups excluding carboxylic acids is 2. The highest BCUT2D eigenvalue weighted by atomic mass is 16.3. The highest BCUT2D eigenvalue weighted by molar-refractivity contribution is 5.89. The number of amides is 3. The maximum Gasteiger partial charge on any atom is 0.354 e. The number of nitrogens with two attached hydrogens (primary N) is 2. The number of urea groups is 1. The van der Waals surface area contributed by atoms with Crippen molar-refractivity contribution in [2.75, 3.05) is 44.6 Å². The molecule has 2 fully saturated rings. The van der Waals surface area contributed by atoms with Crippen LogP contribution in [0.5, 0.6) is 0 Å². The number of piperidine rings is 1. The zero-order valence-corrected chi connectivity index (χ0v) is 22.0. The van der Waals surface area contributed by atoms with Gasteiger partial charge in [-0.3, -0.25) is 19.6 Å². The summed E-state index contributed by atoms with van der Waals surface area (Å²) in [5, 5.41) is 12.1. The Bertz CT molecular complexity index is 1190. The van der Waals surface area contributed by atoms with E-state index in [2.05, 4.69) is 15.2 Å². The number of nitrogens with zero attached hydrogens (tertiary/aromatic N) is 5. The monoisotopic (exact) mass is 526 g/mol. The number of anilines is 1. The smallest absolute Gasteiger partial charge is 0.354 e. The van der Waals surface area contributed by atoms with Crippen LogP contribution in [0, 0.1) is 0 Å². The molecule has 2 atom stereocenters. The van der Waals surface area contributed by atoms with Crippen LogP contribution in [0.25, 0.3) is 5.69 Å². The third-order valence-corrected chi connectivity index (χ3v) is 7.28. The van der Waals surface area contributed by atoms with Crippen LogP contribution in [0.3, 0.4) is 0 Å². The molecule has 0 spiro atoms. The number of likely N-dealkylation sites (tertiary alicyclic amines) is 1. The Morgan fingerprint density at radius 1 is 1.13 bits per heavy atom. The molecular weight excluding hydrogens is 488 g/mol. The van der Waals surface area contributed by atoms with E-state index in [0.717, 1.165) is 38.0 Å². The Hall–Kier alpha value is -3.32. The number of nitrogens with one attached hydrogen (secondary N) is 1. The molecule has 12 heteroatoms. The van der Waals surface area contributed by atoms with Crippen molar-refractivity contribution < 1.29 is 14.7 Å². The van der Waals surface area contributed by atoms with Gasteiger partial charge in [0.25, 0.3) is 0 Å². The van der Waals surface area contributed by atoms with Gasteiger partial charge in [-0.15, -0.1) is 0 Å². The minimum Gasteiger partial charge on any atom is -0.394 e. The topological polar surface area (TPSA) is 163 Å². The molecule has 2 aromatic rings. The molecule has 6 N–H and O–H groups in total. The summed E-state index contributed by atoms with van der Waals surface area (Å²) in [4.78, 5) is 47.7. The fourth-order valence-electron chi connectivity index (χ4n) is 4.85. The van der Waals surface area contributed by atoms with Crippen LogP contribution in [-0.2, 0) is 11.3 Å². The fourth-order valence-corrected chi connectivity index (χ4v) is 4.85. The van der Waals surface area contributed by atoms with E-state index in [9.17, 15) is 19.5 Å². The average Bonchev–Trinajstić information content (AvgIpc) is 2.90. The van der Waals surface area contributed by atoms with E-state index < -0.39 is 23.9 Å². The average molecular weight is 527 g/mol. The second-order valence-corrected chi connectivity index (χ2v) is 10.5. The summed E-state index contributed by atoms with van der Waals surface area (Å²) in [6.45, 7) is 6.53. The summed E-state index contributed by atoms with van der Waals surface area (Å²) in [7, 11) is 0. The predicted octanol–water partition coefficient (Wildman–Crippen LogP) is -0.0701. The van der Waals surface area contributed by atoms with Crippen LogP contribution >= 0.6 is 0 Å². The maximum atomic E-state index is 12.9. The number of hydrogen-bond acceptors (Lipinski definition) is 8. The van der Waals surface area contributed by atoms with Crippen molar-refractivity contribution in [1.29, 1.82) is 0 Å². The summed E-state index contributed by atoms with van der Waals surface area (Å²) >= 11 is 0.